The van der Waals surface area contributed by atoms with E-state index in [-0.39, 0.29) is 31.8 Å². The topological polar surface area (TPSA) is 84.5 Å². The fourth-order valence-electron chi connectivity index (χ4n) is 2.24. The van der Waals surface area contributed by atoms with Crippen LogP contribution in [-0.2, 0) is 32.0 Å². The number of carbonyl (C=O) groups excluding carboxylic acids is 3. The van der Waals surface area contributed by atoms with E-state index in [0.29, 0.717) is 6.42 Å². The number of amides is 2. The molecular weight excluding hydrogens is 332 g/mol. The minimum absolute atomic E-state index is 0.0326. The lowest BCUT2D eigenvalue weighted by atomic mass is 10.1. The van der Waals surface area contributed by atoms with Crippen LogP contribution in [0.25, 0.3) is 0 Å². The molecule has 0 aromatic heterocycles. The van der Waals surface area contributed by atoms with Crippen LogP contribution in [0.2, 0.25) is 0 Å². The summed E-state index contributed by atoms with van der Waals surface area (Å²) in [5.41, 5.74) is 6.55. The molecule has 0 fully saturated rings. The van der Waals surface area contributed by atoms with E-state index in [0.717, 1.165) is 11.1 Å². The maximum absolute atomic E-state index is 11.7. The van der Waals surface area contributed by atoms with E-state index >= 15 is 0 Å². The van der Waals surface area contributed by atoms with Crippen molar-refractivity contribution in [2.75, 3.05) is 6.61 Å². The third-order valence-corrected chi connectivity index (χ3v) is 3.60. The molecule has 136 valence electrons. The van der Waals surface area contributed by atoms with Gasteiger partial charge in [0.25, 0.3) is 0 Å². The maximum atomic E-state index is 11.7. The number of nitrogens with one attached hydrogen (secondary N) is 2. The summed E-state index contributed by atoms with van der Waals surface area (Å²) in [4.78, 5) is 35.0. The molecule has 0 atom stereocenters. The molecule has 2 N–H and O–H groups in total. The van der Waals surface area contributed by atoms with Crippen LogP contribution >= 0.6 is 0 Å². The van der Waals surface area contributed by atoms with Gasteiger partial charge in [-0.15, -0.1) is 0 Å². The highest BCUT2D eigenvalue weighted by molar-refractivity contribution is 5.85. The van der Waals surface area contributed by atoms with Crippen LogP contribution in [0, 0.1) is 0 Å². The molecule has 0 aliphatic rings. The molecule has 0 spiro atoms. The Kier molecular flexibility index (Phi) is 7.86. The molecule has 0 heterocycles. The molecule has 0 aliphatic carbocycles. The van der Waals surface area contributed by atoms with Crippen molar-refractivity contribution in [3.63, 3.8) is 0 Å². The Bertz CT molecular complexity index is 717. The Morgan fingerprint density at radius 1 is 0.731 bits per heavy atom. The smallest absolute Gasteiger partial charge is 0.306 e. The highest BCUT2D eigenvalue weighted by atomic mass is 16.5. The standard InChI is InChI=1S/C20H22N2O4/c23-18(21-22-19(24)15-17-9-5-2-6-10-17)11-12-20(25)26-14-13-16-7-3-1-4-8-16/h1-10H,11-15H2,(H,21,23)(H,22,24). The van der Waals surface area contributed by atoms with E-state index in [4.69, 9.17) is 4.74 Å². The normalized spacial score (nSPS) is 10.0. The van der Waals surface area contributed by atoms with Crippen molar-refractivity contribution in [1.29, 1.82) is 0 Å². The van der Waals surface area contributed by atoms with Crippen LogP contribution < -0.4 is 10.9 Å². The van der Waals surface area contributed by atoms with Gasteiger partial charge in [0.05, 0.1) is 19.4 Å². The van der Waals surface area contributed by atoms with Gasteiger partial charge in [-0.3, -0.25) is 25.2 Å². The van der Waals surface area contributed by atoms with Gasteiger partial charge in [-0.1, -0.05) is 60.7 Å². The monoisotopic (exact) mass is 354 g/mol. The lowest BCUT2D eigenvalue weighted by Crippen LogP contribution is -2.42. The summed E-state index contributed by atoms with van der Waals surface area (Å²) < 4.78 is 5.09. The molecule has 0 radical (unpaired) electrons. The molecule has 26 heavy (non-hydrogen) atoms. The largest absolute Gasteiger partial charge is 0.465 e. The molecule has 0 saturated carbocycles. The van der Waals surface area contributed by atoms with Crippen LogP contribution in [0.4, 0.5) is 0 Å². The lowest BCUT2D eigenvalue weighted by Gasteiger charge is -2.08. The molecule has 2 amide bonds. The van der Waals surface area contributed by atoms with Gasteiger partial charge in [0.15, 0.2) is 0 Å². The summed E-state index contributed by atoms with van der Waals surface area (Å²) in [5, 5.41) is 0. The third-order valence-electron chi connectivity index (χ3n) is 3.60. The van der Waals surface area contributed by atoms with E-state index < -0.39 is 11.9 Å². The Balaban J connectivity index is 1.56. The van der Waals surface area contributed by atoms with Gasteiger partial charge < -0.3 is 4.74 Å². The van der Waals surface area contributed by atoms with Gasteiger partial charge in [-0.25, -0.2) is 0 Å². The zero-order valence-electron chi connectivity index (χ0n) is 14.4. The second-order valence-corrected chi connectivity index (χ2v) is 5.71. The first-order valence-electron chi connectivity index (χ1n) is 8.44. The van der Waals surface area contributed by atoms with Crippen molar-refractivity contribution in [2.45, 2.75) is 25.7 Å². The summed E-state index contributed by atoms with van der Waals surface area (Å²) in [5.74, 6) is -1.20. The molecule has 6 heteroatoms. The van der Waals surface area contributed by atoms with Crippen LogP contribution in [-0.4, -0.2) is 24.4 Å². The van der Waals surface area contributed by atoms with E-state index in [2.05, 4.69) is 10.9 Å². The van der Waals surface area contributed by atoms with Crippen molar-refractivity contribution >= 4 is 17.8 Å². The van der Waals surface area contributed by atoms with Crippen LogP contribution in [0.15, 0.2) is 60.7 Å². The number of carbonyl (C=O) groups is 3. The lowest BCUT2D eigenvalue weighted by molar-refractivity contribution is -0.145. The Morgan fingerprint density at radius 2 is 1.31 bits per heavy atom. The van der Waals surface area contributed by atoms with Crippen molar-refractivity contribution in [1.82, 2.24) is 10.9 Å². The molecule has 0 aliphatic heterocycles. The van der Waals surface area contributed by atoms with Crippen molar-refractivity contribution in [3.05, 3.63) is 71.8 Å². The molecule has 2 aromatic carbocycles. The fourth-order valence-corrected chi connectivity index (χ4v) is 2.24. The first-order valence-corrected chi connectivity index (χ1v) is 8.44. The molecule has 2 aromatic rings. The number of hydrogen-bond acceptors (Lipinski definition) is 4. The van der Waals surface area contributed by atoms with Gasteiger partial charge >= 0.3 is 5.97 Å². The van der Waals surface area contributed by atoms with Crippen molar-refractivity contribution in [3.8, 4) is 0 Å². The number of ether oxygens (including phenoxy) is 1. The number of hydrazine groups is 1. The zero-order chi connectivity index (χ0) is 18.6. The first-order chi connectivity index (χ1) is 12.6. The maximum Gasteiger partial charge on any atom is 0.306 e. The predicted molar refractivity (Wildman–Crippen MR) is 96.8 cm³/mol. The number of hydrogen-bond donors (Lipinski definition) is 2. The first kappa shape index (κ1) is 19.2. The predicted octanol–water partition coefficient (Wildman–Crippen LogP) is 1.94. The van der Waals surface area contributed by atoms with Crippen LogP contribution in [0.5, 0.6) is 0 Å². The quantitative estimate of drug-likeness (QED) is 0.560. The summed E-state index contributed by atoms with van der Waals surface area (Å²) in [7, 11) is 0. The molecule has 6 nitrogen and oxygen atoms in total. The average Bonchev–Trinajstić information content (AvgIpc) is 2.66. The van der Waals surface area contributed by atoms with Crippen LogP contribution in [0.1, 0.15) is 24.0 Å². The van der Waals surface area contributed by atoms with Gasteiger partial charge in [-0.2, -0.15) is 0 Å². The zero-order valence-corrected chi connectivity index (χ0v) is 14.4. The van der Waals surface area contributed by atoms with Crippen LogP contribution in [0.3, 0.4) is 0 Å². The third kappa shape index (κ3) is 7.61. The summed E-state index contributed by atoms with van der Waals surface area (Å²) >= 11 is 0. The summed E-state index contributed by atoms with van der Waals surface area (Å²) in [6.07, 6.45) is 0.724. The Hall–Kier alpha value is -3.15. The van der Waals surface area contributed by atoms with Gasteiger partial charge in [-0.05, 0) is 11.1 Å². The second kappa shape index (κ2) is 10.7. The van der Waals surface area contributed by atoms with Gasteiger partial charge in [0, 0.05) is 12.8 Å². The molecule has 2 rings (SSSR count). The number of esters is 1. The molecule has 0 unspecified atom stereocenters. The minimum Gasteiger partial charge on any atom is -0.465 e. The molecular formula is C20H22N2O4. The Morgan fingerprint density at radius 3 is 1.96 bits per heavy atom. The minimum atomic E-state index is -0.438. The Labute approximate surface area is 152 Å². The van der Waals surface area contributed by atoms with E-state index in [1.807, 2.05) is 60.7 Å². The van der Waals surface area contributed by atoms with Gasteiger partial charge in [0.1, 0.15) is 0 Å². The number of rotatable bonds is 8. The van der Waals surface area contributed by atoms with E-state index in [1.165, 1.54) is 0 Å². The van der Waals surface area contributed by atoms with Crippen molar-refractivity contribution in [2.24, 2.45) is 0 Å². The highest BCUT2D eigenvalue weighted by Gasteiger charge is 2.09. The van der Waals surface area contributed by atoms with Crippen molar-refractivity contribution < 1.29 is 19.1 Å². The van der Waals surface area contributed by atoms with Gasteiger partial charge in [0.2, 0.25) is 11.8 Å². The highest BCUT2D eigenvalue weighted by Crippen LogP contribution is 2.01. The fraction of sp³-hybridized carbons (Fsp3) is 0.250. The van der Waals surface area contributed by atoms with E-state index in [9.17, 15) is 14.4 Å². The summed E-state index contributed by atoms with van der Waals surface area (Å²) in [6.45, 7) is 0.276. The van der Waals surface area contributed by atoms with E-state index in [1.54, 1.807) is 0 Å². The summed E-state index contributed by atoms with van der Waals surface area (Å²) in [6, 6.07) is 18.9. The molecule has 0 bridgehead atoms. The second-order valence-electron chi connectivity index (χ2n) is 5.71. The number of benzene rings is 2. The average molecular weight is 354 g/mol. The molecule has 0 saturated heterocycles. The SMILES string of the molecule is O=C(CCC(=O)OCCc1ccccc1)NNC(=O)Cc1ccccc1.